The molecule has 4 heteroatoms. The number of halogens is 3. The second-order valence-corrected chi connectivity index (χ2v) is 4.11. The van der Waals surface area contributed by atoms with Crippen LogP contribution in [-0.2, 0) is 0 Å². The minimum absolute atomic E-state index is 0.235. The summed E-state index contributed by atoms with van der Waals surface area (Å²) in [5.41, 5.74) is -2.45. The molecule has 0 heterocycles. The van der Waals surface area contributed by atoms with Gasteiger partial charge in [-0.05, 0) is 25.2 Å². The normalized spacial score (nSPS) is 24.6. The van der Waals surface area contributed by atoms with Gasteiger partial charge in [-0.3, -0.25) is 0 Å². The third-order valence-electron chi connectivity index (χ3n) is 3.31. The Morgan fingerprint density at radius 2 is 1.64 bits per heavy atom. The monoisotopic (exact) mass is 210 g/mol. The Morgan fingerprint density at radius 1 is 1.14 bits per heavy atom. The lowest BCUT2D eigenvalue weighted by Crippen LogP contribution is -2.51. The zero-order valence-electron chi connectivity index (χ0n) is 8.40. The van der Waals surface area contributed by atoms with Gasteiger partial charge in [-0.15, -0.1) is 0 Å². The van der Waals surface area contributed by atoms with Gasteiger partial charge in [-0.25, -0.2) is 0 Å². The molecule has 1 atom stereocenters. The first kappa shape index (κ1) is 11.8. The van der Waals surface area contributed by atoms with E-state index in [1.54, 1.807) is 0 Å². The van der Waals surface area contributed by atoms with Gasteiger partial charge in [0.05, 0.1) is 0 Å². The lowest BCUT2D eigenvalue weighted by Gasteiger charge is -2.39. The third kappa shape index (κ3) is 2.05. The Kier molecular flexibility index (Phi) is 3.45. The highest BCUT2D eigenvalue weighted by atomic mass is 19.4. The largest absolute Gasteiger partial charge is 0.417 e. The number of hydrogen-bond acceptors (Lipinski definition) is 1. The van der Waals surface area contributed by atoms with Crippen molar-refractivity contribution in [3.8, 4) is 0 Å². The molecular weight excluding hydrogens is 193 g/mol. The summed E-state index contributed by atoms with van der Waals surface area (Å²) in [5, 5.41) is 9.66. The molecule has 0 amide bonds. The molecule has 0 aromatic heterocycles. The first-order valence-electron chi connectivity index (χ1n) is 5.21. The smallest absolute Gasteiger partial charge is 0.380 e. The van der Waals surface area contributed by atoms with Crippen molar-refractivity contribution in [3.05, 3.63) is 0 Å². The Bertz CT molecular complexity index is 184. The van der Waals surface area contributed by atoms with E-state index in [1.807, 2.05) is 0 Å². The average molecular weight is 210 g/mol. The number of alkyl halides is 3. The molecule has 0 aromatic carbocycles. The predicted octanol–water partition coefficient (Wildman–Crippen LogP) is 3.27. The maximum atomic E-state index is 12.6. The van der Waals surface area contributed by atoms with Crippen molar-refractivity contribution in [2.75, 3.05) is 0 Å². The minimum atomic E-state index is -4.48. The predicted molar refractivity (Wildman–Crippen MR) is 47.9 cm³/mol. The molecule has 1 rings (SSSR count). The highest BCUT2D eigenvalue weighted by molar-refractivity contribution is 4.93. The molecule has 1 N–H and O–H groups in total. The van der Waals surface area contributed by atoms with E-state index in [2.05, 4.69) is 0 Å². The van der Waals surface area contributed by atoms with Crippen molar-refractivity contribution in [1.82, 2.24) is 0 Å². The van der Waals surface area contributed by atoms with Gasteiger partial charge in [-0.1, -0.05) is 26.2 Å². The van der Waals surface area contributed by atoms with Crippen LogP contribution in [0.2, 0.25) is 0 Å². The van der Waals surface area contributed by atoms with Crippen molar-refractivity contribution in [2.45, 2.75) is 57.2 Å². The summed E-state index contributed by atoms with van der Waals surface area (Å²) in [6, 6.07) is 0. The summed E-state index contributed by atoms with van der Waals surface area (Å²) in [6.07, 6.45) is -1.10. The van der Waals surface area contributed by atoms with Gasteiger partial charge < -0.3 is 5.11 Å². The van der Waals surface area contributed by atoms with Crippen LogP contribution in [0.1, 0.15) is 45.4 Å². The first-order valence-corrected chi connectivity index (χ1v) is 5.21. The second kappa shape index (κ2) is 4.09. The van der Waals surface area contributed by atoms with Crippen molar-refractivity contribution in [1.29, 1.82) is 0 Å². The van der Waals surface area contributed by atoms with Crippen LogP contribution in [0.3, 0.4) is 0 Å². The molecular formula is C10H17F3O. The van der Waals surface area contributed by atoms with Crippen LogP contribution in [0, 0.1) is 5.92 Å². The van der Waals surface area contributed by atoms with Crippen molar-refractivity contribution in [2.24, 2.45) is 5.92 Å². The van der Waals surface area contributed by atoms with Crippen molar-refractivity contribution >= 4 is 0 Å². The average Bonchev–Trinajstić information content (AvgIpc) is 2.16. The molecule has 0 bridgehead atoms. The first-order chi connectivity index (χ1) is 6.42. The van der Waals surface area contributed by atoms with Crippen LogP contribution in [-0.4, -0.2) is 16.9 Å². The molecule has 1 aliphatic carbocycles. The van der Waals surface area contributed by atoms with Gasteiger partial charge in [0.2, 0.25) is 0 Å². The second-order valence-electron chi connectivity index (χ2n) is 4.11. The zero-order chi connectivity index (χ0) is 10.8. The summed E-state index contributed by atoms with van der Waals surface area (Å²) in [6.45, 7) is 1.40. The fraction of sp³-hybridized carbons (Fsp3) is 1.00. The van der Waals surface area contributed by atoms with Crippen molar-refractivity contribution < 1.29 is 18.3 Å². The molecule has 0 aromatic rings. The lowest BCUT2D eigenvalue weighted by atomic mass is 9.75. The SMILES string of the molecule is CCC(O)(C1CCCCC1)C(F)(F)F. The molecule has 1 aliphatic rings. The van der Waals surface area contributed by atoms with Crippen LogP contribution in [0.25, 0.3) is 0 Å². The van der Waals surface area contributed by atoms with E-state index in [1.165, 1.54) is 6.92 Å². The van der Waals surface area contributed by atoms with Crippen LogP contribution in [0.4, 0.5) is 13.2 Å². The number of hydrogen-bond donors (Lipinski definition) is 1. The van der Waals surface area contributed by atoms with Gasteiger partial charge in [-0.2, -0.15) is 13.2 Å². The highest BCUT2D eigenvalue weighted by Gasteiger charge is 2.56. The van der Waals surface area contributed by atoms with Gasteiger partial charge in [0.1, 0.15) is 0 Å². The van der Waals surface area contributed by atoms with E-state index in [4.69, 9.17) is 0 Å². The highest BCUT2D eigenvalue weighted by Crippen LogP contribution is 2.44. The molecule has 0 aliphatic heterocycles. The van der Waals surface area contributed by atoms with Crippen LogP contribution >= 0.6 is 0 Å². The summed E-state index contributed by atoms with van der Waals surface area (Å²) in [4.78, 5) is 0. The minimum Gasteiger partial charge on any atom is -0.380 e. The van der Waals surface area contributed by atoms with Gasteiger partial charge in [0.25, 0.3) is 0 Å². The topological polar surface area (TPSA) is 20.2 Å². The fourth-order valence-corrected chi connectivity index (χ4v) is 2.30. The molecule has 0 spiro atoms. The van der Waals surface area contributed by atoms with Crippen LogP contribution < -0.4 is 0 Å². The van der Waals surface area contributed by atoms with E-state index < -0.39 is 17.7 Å². The lowest BCUT2D eigenvalue weighted by molar-refractivity contribution is -0.283. The third-order valence-corrected chi connectivity index (χ3v) is 3.31. The summed E-state index contributed by atoms with van der Waals surface area (Å²) in [5.74, 6) is -0.596. The van der Waals surface area contributed by atoms with Gasteiger partial charge in [0, 0.05) is 0 Å². The van der Waals surface area contributed by atoms with Crippen molar-refractivity contribution in [3.63, 3.8) is 0 Å². The number of rotatable bonds is 2. The Balaban J connectivity index is 2.77. The zero-order valence-corrected chi connectivity index (χ0v) is 8.40. The Hall–Kier alpha value is -0.250. The van der Waals surface area contributed by atoms with Gasteiger partial charge >= 0.3 is 6.18 Å². The van der Waals surface area contributed by atoms with E-state index in [0.29, 0.717) is 12.8 Å². The standard InChI is InChI=1S/C10H17F3O/c1-2-9(14,10(11,12)13)8-6-4-3-5-7-8/h8,14H,2-7H2,1H3. The molecule has 14 heavy (non-hydrogen) atoms. The summed E-state index contributed by atoms with van der Waals surface area (Å²) >= 11 is 0. The van der Waals surface area contributed by atoms with E-state index >= 15 is 0 Å². The quantitative estimate of drug-likeness (QED) is 0.741. The van der Waals surface area contributed by atoms with Crippen LogP contribution in [0.15, 0.2) is 0 Å². The van der Waals surface area contributed by atoms with E-state index in [9.17, 15) is 18.3 Å². The van der Waals surface area contributed by atoms with Gasteiger partial charge in [0.15, 0.2) is 5.60 Å². The summed E-state index contributed by atoms with van der Waals surface area (Å²) < 4.78 is 37.9. The van der Waals surface area contributed by atoms with Crippen LogP contribution in [0.5, 0.6) is 0 Å². The number of aliphatic hydroxyl groups is 1. The molecule has 84 valence electrons. The molecule has 1 unspecified atom stereocenters. The Morgan fingerprint density at radius 3 is 2.00 bits per heavy atom. The molecule has 0 saturated heterocycles. The molecule has 0 radical (unpaired) electrons. The molecule has 1 nitrogen and oxygen atoms in total. The fourth-order valence-electron chi connectivity index (χ4n) is 2.30. The maximum absolute atomic E-state index is 12.6. The molecule has 1 saturated carbocycles. The van der Waals surface area contributed by atoms with E-state index in [0.717, 1.165) is 19.3 Å². The van der Waals surface area contributed by atoms with E-state index in [-0.39, 0.29) is 6.42 Å². The Labute approximate surface area is 82.3 Å². The molecule has 1 fully saturated rings. The summed E-state index contributed by atoms with van der Waals surface area (Å²) in [7, 11) is 0. The maximum Gasteiger partial charge on any atom is 0.417 e.